The van der Waals surface area contributed by atoms with Crippen molar-refractivity contribution in [3.63, 3.8) is 0 Å². The number of hydrogen-bond donors (Lipinski definition) is 2. The Bertz CT molecular complexity index is 1290. The Morgan fingerprint density at radius 1 is 1.24 bits per heavy atom. The van der Waals surface area contributed by atoms with Crippen LogP contribution in [-0.2, 0) is 10.9 Å². The van der Waals surface area contributed by atoms with Crippen LogP contribution in [0.3, 0.4) is 0 Å². The third kappa shape index (κ3) is 9.48. The fraction of sp³-hybridized carbons (Fsp3) is 0.536. The molecule has 0 aliphatic carbocycles. The van der Waals surface area contributed by atoms with Crippen molar-refractivity contribution in [2.75, 3.05) is 13.2 Å². The molecule has 1 aromatic heterocycles. The molecular weight excluding hydrogens is 559 g/mol. The van der Waals surface area contributed by atoms with E-state index in [-0.39, 0.29) is 35.6 Å². The number of halogens is 3. The first-order valence-corrected chi connectivity index (χ1v) is 13.7. The van der Waals surface area contributed by atoms with Crippen LogP contribution in [0.1, 0.15) is 83.7 Å². The molecule has 3 rings (SSSR count). The van der Waals surface area contributed by atoms with E-state index in [9.17, 15) is 27.9 Å². The van der Waals surface area contributed by atoms with Gasteiger partial charge in [-0.05, 0) is 64.7 Å². The normalized spacial score (nSPS) is 16.2. The van der Waals surface area contributed by atoms with Crippen molar-refractivity contribution < 1.29 is 41.9 Å². The molecule has 1 fully saturated rings. The fourth-order valence-corrected chi connectivity index (χ4v) is 4.23. The number of alkyl halides is 3. The van der Waals surface area contributed by atoms with E-state index < -0.39 is 35.6 Å². The first-order chi connectivity index (χ1) is 19.8. The van der Waals surface area contributed by atoms with E-state index in [1.165, 1.54) is 17.0 Å². The summed E-state index contributed by atoms with van der Waals surface area (Å²) in [5.41, 5.74) is -1.76. The van der Waals surface area contributed by atoms with Gasteiger partial charge in [0.15, 0.2) is 0 Å². The molecule has 2 aromatic rings. The van der Waals surface area contributed by atoms with Crippen LogP contribution in [0, 0.1) is 0 Å². The van der Waals surface area contributed by atoms with Gasteiger partial charge in [0.05, 0.1) is 12.2 Å². The van der Waals surface area contributed by atoms with Gasteiger partial charge < -0.3 is 24.0 Å². The summed E-state index contributed by atoms with van der Waals surface area (Å²) in [6.45, 7) is 7.41. The highest BCUT2D eigenvalue weighted by Gasteiger charge is 2.37. The molecule has 0 spiro atoms. The van der Waals surface area contributed by atoms with Gasteiger partial charge in [-0.25, -0.2) is 9.59 Å². The van der Waals surface area contributed by atoms with Crippen molar-refractivity contribution in [1.29, 1.82) is 0 Å². The Balaban J connectivity index is 1.79. The van der Waals surface area contributed by atoms with E-state index in [1.807, 2.05) is 12.2 Å². The van der Waals surface area contributed by atoms with Crippen molar-refractivity contribution in [3.05, 3.63) is 41.8 Å². The third-order valence-corrected chi connectivity index (χ3v) is 6.04. The Hall–Kier alpha value is -4.10. The van der Waals surface area contributed by atoms with Crippen LogP contribution in [0.5, 0.6) is 5.75 Å². The van der Waals surface area contributed by atoms with Crippen LogP contribution in [0.25, 0.3) is 11.4 Å². The highest BCUT2D eigenvalue weighted by Crippen LogP contribution is 2.39. The maximum atomic E-state index is 13.9. The molecule has 2 N–H and O–H groups in total. The van der Waals surface area contributed by atoms with Crippen LogP contribution >= 0.6 is 0 Å². The molecule has 1 unspecified atom stereocenters. The Labute approximate surface area is 241 Å². The molecule has 1 atom stereocenters. The first kappa shape index (κ1) is 32.4. The molecule has 1 aliphatic rings. The number of amides is 2. The number of carbonyl (C=O) groups excluding carboxylic acids is 1. The van der Waals surface area contributed by atoms with E-state index in [0.717, 1.165) is 25.3 Å². The molecule has 230 valence electrons. The van der Waals surface area contributed by atoms with Gasteiger partial charge in [-0.3, -0.25) is 5.32 Å². The molecule has 14 heteroatoms. The summed E-state index contributed by atoms with van der Waals surface area (Å²) in [6, 6.07) is 2.84. The number of benzene rings is 1. The standard InChI is InChI=1S/C28H36F3N5O6/c1-5-6-7-8-9-10-16-40-21-14-13-18(17-19(21)28(29,30)31)22-32-23(42-35-22)20-12-11-15-36(20)24(33-25(37)38)34-26(39)41-27(2,3)4/h8-9,13-14,17,20H,5-7,10-12,15-16H2,1-4H3,(H,37,38)(H,33,34,39)/b9-8-. The van der Waals surface area contributed by atoms with E-state index in [2.05, 4.69) is 27.4 Å². The number of rotatable bonds is 9. The van der Waals surface area contributed by atoms with Crippen molar-refractivity contribution >= 4 is 18.1 Å². The second kappa shape index (κ2) is 14.2. The van der Waals surface area contributed by atoms with Gasteiger partial charge >= 0.3 is 18.4 Å². The number of aliphatic imine (C=N–C) groups is 1. The number of likely N-dealkylation sites (tertiary alicyclic amines) is 1. The van der Waals surface area contributed by atoms with Gasteiger partial charge in [0.2, 0.25) is 17.7 Å². The lowest BCUT2D eigenvalue weighted by Crippen LogP contribution is -2.46. The maximum absolute atomic E-state index is 13.9. The minimum atomic E-state index is -4.69. The molecular formula is C28H36F3N5O6. The lowest BCUT2D eigenvalue weighted by atomic mass is 10.1. The average Bonchev–Trinajstić information content (AvgIpc) is 3.56. The van der Waals surface area contributed by atoms with Crippen molar-refractivity contribution in [3.8, 4) is 17.1 Å². The molecule has 2 heterocycles. The number of nitrogens with zero attached hydrogens (tertiary/aromatic N) is 4. The monoisotopic (exact) mass is 595 g/mol. The average molecular weight is 596 g/mol. The number of nitrogens with one attached hydrogen (secondary N) is 1. The SMILES string of the molecule is CCCC/C=C\CCOc1ccc(-c2noc(C3CCCN3C(=NC(=O)O)NC(=O)OC(C)(C)C)n2)cc1C(F)(F)F. The molecule has 1 aromatic carbocycles. The molecule has 2 amide bonds. The number of allylic oxidation sites excluding steroid dienone is 1. The topological polar surface area (TPSA) is 139 Å². The van der Waals surface area contributed by atoms with Crippen molar-refractivity contribution in [1.82, 2.24) is 20.4 Å². The smallest absolute Gasteiger partial charge is 0.434 e. The number of carbonyl (C=O) groups is 2. The van der Waals surface area contributed by atoms with Gasteiger partial charge in [-0.15, -0.1) is 4.99 Å². The van der Waals surface area contributed by atoms with Gasteiger partial charge in [0.1, 0.15) is 17.4 Å². The minimum Gasteiger partial charge on any atom is -0.493 e. The molecule has 1 saturated heterocycles. The number of aromatic nitrogens is 2. The summed E-state index contributed by atoms with van der Waals surface area (Å²) < 4.78 is 57.7. The summed E-state index contributed by atoms with van der Waals surface area (Å²) >= 11 is 0. The summed E-state index contributed by atoms with van der Waals surface area (Å²) in [4.78, 5) is 32.9. The largest absolute Gasteiger partial charge is 0.493 e. The predicted octanol–water partition coefficient (Wildman–Crippen LogP) is 6.97. The lowest BCUT2D eigenvalue weighted by molar-refractivity contribution is -0.138. The number of alkyl carbamates (subject to hydrolysis) is 1. The van der Waals surface area contributed by atoms with Gasteiger partial charge in [-0.2, -0.15) is 18.2 Å². The minimum absolute atomic E-state index is 0.0234. The number of guanidine groups is 1. The van der Waals surface area contributed by atoms with E-state index in [4.69, 9.17) is 14.0 Å². The van der Waals surface area contributed by atoms with Crippen LogP contribution < -0.4 is 10.1 Å². The Kier molecular flexibility index (Phi) is 10.9. The van der Waals surface area contributed by atoms with E-state index >= 15 is 0 Å². The van der Waals surface area contributed by atoms with Crippen LogP contribution in [0.4, 0.5) is 22.8 Å². The highest BCUT2D eigenvalue weighted by molar-refractivity contribution is 5.98. The Morgan fingerprint density at radius 2 is 1.98 bits per heavy atom. The van der Waals surface area contributed by atoms with Gasteiger partial charge in [0.25, 0.3) is 0 Å². The molecule has 11 nitrogen and oxygen atoms in total. The maximum Gasteiger partial charge on any atom is 0.434 e. The quantitative estimate of drug-likeness (QED) is 0.136. The van der Waals surface area contributed by atoms with Crippen molar-refractivity contribution in [2.24, 2.45) is 4.99 Å². The number of hydrogen-bond acceptors (Lipinski definition) is 7. The van der Waals surface area contributed by atoms with Crippen LogP contribution in [0.2, 0.25) is 0 Å². The third-order valence-electron chi connectivity index (χ3n) is 6.04. The van der Waals surface area contributed by atoms with E-state index in [1.54, 1.807) is 20.8 Å². The summed E-state index contributed by atoms with van der Waals surface area (Å²) in [5, 5.41) is 15.5. The highest BCUT2D eigenvalue weighted by atomic mass is 19.4. The zero-order valence-corrected chi connectivity index (χ0v) is 24.0. The van der Waals surface area contributed by atoms with Crippen molar-refractivity contribution in [2.45, 2.75) is 84.0 Å². The zero-order chi connectivity index (χ0) is 30.9. The summed E-state index contributed by atoms with van der Waals surface area (Å²) in [7, 11) is 0. The van der Waals surface area contributed by atoms with E-state index in [0.29, 0.717) is 25.8 Å². The lowest BCUT2D eigenvalue weighted by Gasteiger charge is -2.26. The first-order valence-electron chi connectivity index (χ1n) is 13.7. The summed E-state index contributed by atoms with van der Waals surface area (Å²) in [6.07, 6.45) is 1.24. The molecule has 1 aliphatic heterocycles. The zero-order valence-electron chi connectivity index (χ0n) is 24.0. The van der Waals surface area contributed by atoms with Crippen LogP contribution in [0.15, 0.2) is 39.9 Å². The summed E-state index contributed by atoms with van der Waals surface area (Å²) in [5.74, 6) is -0.665. The number of unbranched alkanes of at least 4 members (excludes halogenated alkanes) is 2. The predicted molar refractivity (Wildman–Crippen MR) is 147 cm³/mol. The molecule has 42 heavy (non-hydrogen) atoms. The second-order valence-electron chi connectivity index (χ2n) is 10.6. The van der Waals surface area contributed by atoms with Gasteiger partial charge in [-0.1, -0.05) is 37.1 Å². The molecule has 0 saturated carbocycles. The number of carboxylic acid groups (broad SMARTS) is 1. The van der Waals surface area contributed by atoms with Crippen LogP contribution in [-0.4, -0.2) is 57.0 Å². The molecule has 0 radical (unpaired) electrons. The fourth-order valence-electron chi connectivity index (χ4n) is 4.23. The number of ether oxygens (including phenoxy) is 2. The van der Waals surface area contributed by atoms with Gasteiger partial charge in [0, 0.05) is 12.1 Å². The second-order valence-corrected chi connectivity index (χ2v) is 10.6. The Morgan fingerprint density at radius 3 is 2.64 bits per heavy atom. The molecule has 0 bridgehead atoms.